The minimum Gasteiger partial charge on any atom is -0.444 e. The van der Waals surface area contributed by atoms with Crippen molar-refractivity contribution in [2.75, 3.05) is 0 Å². The maximum absolute atomic E-state index is 12.1. The number of hydrogen-bond acceptors (Lipinski definition) is 3. The van der Waals surface area contributed by atoms with Crippen molar-refractivity contribution < 1.29 is 9.53 Å². The first-order valence-corrected chi connectivity index (χ1v) is 7.32. The van der Waals surface area contributed by atoms with E-state index in [1.54, 1.807) is 0 Å². The van der Waals surface area contributed by atoms with Crippen LogP contribution in [0.5, 0.6) is 0 Å². The Labute approximate surface area is 116 Å². The summed E-state index contributed by atoms with van der Waals surface area (Å²) in [7, 11) is 0. The van der Waals surface area contributed by atoms with Crippen LogP contribution in [0.15, 0.2) is 0 Å². The van der Waals surface area contributed by atoms with E-state index in [-0.39, 0.29) is 22.6 Å². The second-order valence-electron chi connectivity index (χ2n) is 7.95. The minimum absolute atomic E-state index is 0.104. The van der Waals surface area contributed by atoms with Crippen LogP contribution in [0.25, 0.3) is 0 Å². The summed E-state index contributed by atoms with van der Waals surface area (Å²) in [6.45, 7) is 10.0. The van der Waals surface area contributed by atoms with E-state index in [9.17, 15) is 4.79 Å². The zero-order valence-electron chi connectivity index (χ0n) is 12.9. The van der Waals surface area contributed by atoms with E-state index in [1.807, 2.05) is 20.8 Å². The maximum atomic E-state index is 12.1. The number of hydrogen-bond donors (Lipinski definition) is 2. The van der Waals surface area contributed by atoms with E-state index in [0.717, 1.165) is 32.1 Å². The summed E-state index contributed by atoms with van der Waals surface area (Å²) in [6, 6.07) is 0. The molecule has 2 aliphatic rings. The molecule has 3 N–H and O–H groups in total. The molecule has 19 heavy (non-hydrogen) atoms. The van der Waals surface area contributed by atoms with Gasteiger partial charge in [0.1, 0.15) is 5.60 Å². The highest BCUT2D eigenvalue weighted by molar-refractivity contribution is 5.69. The third-order valence-electron chi connectivity index (χ3n) is 4.85. The molecule has 1 atom stereocenters. The van der Waals surface area contributed by atoms with Crippen LogP contribution in [0.2, 0.25) is 0 Å². The van der Waals surface area contributed by atoms with Crippen molar-refractivity contribution in [3.8, 4) is 0 Å². The average molecular weight is 268 g/mol. The van der Waals surface area contributed by atoms with Gasteiger partial charge in [-0.05, 0) is 45.4 Å². The molecule has 1 unspecified atom stereocenters. The molecular formula is C15H28N2O2. The largest absolute Gasteiger partial charge is 0.444 e. The highest BCUT2D eigenvalue weighted by Crippen LogP contribution is 2.62. The summed E-state index contributed by atoms with van der Waals surface area (Å²) < 4.78 is 5.41. The average Bonchev–Trinajstić information content (AvgIpc) is 2.60. The molecule has 2 rings (SSSR count). The second kappa shape index (κ2) is 4.11. The third-order valence-corrected chi connectivity index (χ3v) is 4.85. The van der Waals surface area contributed by atoms with Gasteiger partial charge < -0.3 is 15.8 Å². The number of rotatable bonds is 2. The molecule has 0 radical (unpaired) electrons. The lowest BCUT2D eigenvalue weighted by Gasteiger charge is -2.39. The summed E-state index contributed by atoms with van der Waals surface area (Å²) in [5.74, 6) is 0. The zero-order chi connectivity index (χ0) is 14.5. The first kappa shape index (κ1) is 14.6. The van der Waals surface area contributed by atoms with Crippen molar-refractivity contribution in [2.45, 2.75) is 83.4 Å². The molecule has 0 aromatic rings. The summed E-state index contributed by atoms with van der Waals surface area (Å²) in [5, 5.41) is 3.12. The number of amides is 1. The van der Waals surface area contributed by atoms with E-state index in [4.69, 9.17) is 10.5 Å². The number of ether oxygens (including phenoxy) is 1. The molecular weight excluding hydrogens is 240 g/mol. The van der Waals surface area contributed by atoms with Crippen molar-refractivity contribution in [1.82, 2.24) is 5.32 Å². The molecule has 2 saturated carbocycles. The molecule has 1 amide bonds. The molecule has 2 fully saturated rings. The van der Waals surface area contributed by atoms with Crippen LogP contribution in [0, 0.1) is 5.41 Å². The first-order chi connectivity index (χ1) is 8.52. The number of nitrogens with two attached hydrogens (primary N) is 1. The van der Waals surface area contributed by atoms with Gasteiger partial charge in [0.2, 0.25) is 0 Å². The smallest absolute Gasteiger partial charge is 0.408 e. The Hall–Kier alpha value is -0.770. The topological polar surface area (TPSA) is 64.3 Å². The molecule has 2 aliphatic carbocycles. The van der Waals surface area contributed by atoms with Crippen molar-refractivity contribution in [3.63, 3.8) is 0 Å². The second-order valence-corrected chi connectivity index (χ2v) is 7.95. The molecule has 0 aromatic carbocycles. The third kappa shape index (κ3) is 2.47. The Balaban J connectivity index is 2.12. The van der Waals surface area contributed by atoms with Gasteiger partial charge in [-0.2, -0.15) is 0 Å². The quantitative estimate of drug-likeness (QED) is 0.809. The number of carbonyl (C=O) groups excluding carboxylic acids is 1. The van der Waals surface area contributed by atoms with Crippen LogP contribution in [0.4, 0.5) is 4.79 Å². The Morgan fingerprint density at radius 1 is 1.21 bits per heavy atom. The summed E-state index contributed by atoms with van der Waals surface area (Å²) in [6.07, 6.45) is 4.82. The van der Waals surface area contributed by atoms with Gasteiger partial charge in [0.25, 0.3) is 0 Å². The van der Waals surface area contributed by atoms with Crippen LogP contribution < -0.4 is 11.1 Å². The molecule has 0 aliphatic heterocycles. The monoisotopic (exact) mass is 268 g/mol. The van der Waals surface area contributed by atoms with Crippen LogP contribution in [-0.4, -0.2) is 22.8 Å². The van der Waals surface area contributed by atoms with Gasteiger partial charge in [0.15, 0.2) is 0 Å². The molecule has 110 valence electrons. The van der Waals surface area contributed by atoms with Gasteiger partial charge in [0.05, 0.1) is 5.54 Å². The number of carbonyl (C=O) groups is 1. The molecule has 0 heterocycles. The predicted molar refractivity (Wildman–Crippen MR) is 75.9 cm³/mol. The van der Waals surface area contributed by atoms with Gasteiger partial charge in [-0.25, -0.2) is 4.79 Å². The summed E-state index contributed by atoms with van der Waals surface area (Å²) in [5.41, 5.74) is 5.68. The molecule has 0 spiro atoms. The standard InChI is InChI=1S/C15H28N2O2/c1-12(2,3)19-11(18)17-14(8-6-7-9-14)15(16)10-13(15,4)5/h6-10,16H2,1-5H3,(H,17,18). The van der Waals surface area contributed by atoms with E-state index < -0.39 is 5.60 Å². The van der Waals surface area contributed by atoms with Crippen LogP contribution >= 0.6 is 0 Å². The molecule has 4 heteroatoms. The lowest BCUT2D eigenvalue weighted by molar-refractivity contribution is 0.0417. The summed E-state index contributed by atoms with van der Waals surface area (Å²) in [4.78, 5) is 12.1. The van der Waals surface area contributed by atoms with Crippen molar-refractivity contribution in [1.29, 1.82) is 0 Å². The fraction of sp³-hybridized carbons (Fsp3) is 0.933. The van der Waals surface area contributed by atoms with Crippen LogP contribution in [0.3, 0.4) is 0 Å². The Morgan fingerprint density at radius 2 is 1.68 bits per heavy atom. The van der Waals surface area contributed by atoms with Gasteiger partial charge >= 0.3 is 6.09 Å². The van der Waals surface area contributed by atoms with Gasteiger partial charge in [-0.15, -0.1) is 0 Å². The molecule has 0 bridgehead atoms. The Bertz CT molecular complexity index is 378. The highest BCUT2D eigenvalue weighted by atomic mass is 16.6. The van der Waals surface area contributed by atoms with E-state index in [0.29, 0.717) is 0 Å². The lowest BCUT2D eigenvalue weighted by atomic mass is 9.81. The Kier molecular flexibility index (Phi) is 3.17. The normalized spacial score (nSPS) is 31.9. The van der Waals surface area contributed by atoms with E-state index in [1.165, 1.54) is 0 Å². The molecule has 4 nitrogen and oxygen atoms in total. The fourth-order valence-electron chi connectivity index (χ4n) is 3.63. The van der Waals surface area contributed by atoms with Crippen molar-refractivity contribution in [2.24, 2.45) is 11.1 Å². The SMILES string of the molecule is CC(C)(C)OC(=O)NC1(C2(N)CC2(C)C)CCCC1. The highest BCUT2D eigenvalue weighted by Gasteiger charge is 2.70. The predicted octanol–water partition coefficient (Wildman–Crippen LogP) is 2.95. The first-order valence-electron chi connectivity index (χ1n) is 7.32. The van der Waals surface area contributed by atoms with Crippen LogP contribution in [0.1, 0.15) is 66.7 Å². The van der Waals surface area contributed by atoms with Crippen molar-refractivity contribution >= 4 is 6.09 Å². The van der Waals surface area contributed by atoms with Gasteiger partial charge in [-0.3, -0.25) is 0 Å². The molecule has 0 saturated heterocycles. The van der Waals surface area contributed by atoms with Crippen molar-refractivity contribution in [3.05, 3.63) is 0 Å². The summed E-state index contributed by atoms with van der Waals surface area (Å²) >= 11 is 0. The maximum Gasteiger partial charge on any atom is 0.408 e. The van der Waals surface area contributed by atoms with Crippen LogP contribution in [-0.2, 0) is 4.74 Å². The molecule has 0 aromatic heterocycles. The number of alkyl carbamates (subject to hydrolysis) is 1. The minimum atomic E-state index is -0.468. The number of nitrogens with one attached hydrogen (secondary N) is 1. The van der Waals surface area contributed by atoms with Gasteiger partial charge in [0, 0.05) is 5.54 Å². The van der Waals surface area contributed by atoms with Gasteiger partial charge in [-0.1, -0.05) is 26.7 Å². The zero-order valence-corrected chi connectivity index (χ0v) is 12.9. The fourth-order valence-corrected chi connectivity index (χ4v) is 3.63. The Morgan fingerprint density at radius 3 is 2.05 bits per heavy atom. The van der Waals surface area contributed by atoms with E-state index in [2.05, 4.69) is 19.2 Å². The lowest BCUT2D eigenvalue weighted by Crippen LogP contribution is -2.62. The van der Waals surface area contributed by atoms with E-state index >= 15 is 0 Å².